The summed E-state index contributed by atoms with van der Waals surface area (Å²) in [5, 5.41) is 5.95. The van der Waals surface area contributed by atoms with E-state index >= 15 is 0 Å². The Morgan fingerprint density at radius 3 is 2.30 bits per heavy atom. The molecule has 1 atom stereocenters. The van der Waals surface area contributed by atoms with Gasteiger partial charge < -0.3 is 15.5 Å². The van der Waals surface area contributed by atoms with Crippen LogP contribution in [-0.2, 0) is 9.59 Å². The van der Waals surface area contributed by atoms with Crippen LogP contribution in [0.15, 0.2) is 79.1 Å². The first-order chi connectivity index (χ1) is 16.1. The van der Waals surface area contributed by atoms with Gasteiger partial charge in [-0.1, -0.05) is 35.9 Å². The highest BCUT2D eigenvalue weighted by Crippen LogP contribution is 2.23. The summed E-state index contributed by atoms with van der Waals surface area (Å²) in [5.41, 5.74) is 2.73. The van der Waals surface area contributed by atoms with Crippen LogP contribution in [0.4, 0.5) is 11.4 Å². The largest absolute Gasteiger partial charge is 0.369 e. The minimum atomic E-state index is -0.712. The zero-order valence-electron chi connectivity index (χ0n) is 18.2. The molecule has 0 radical (unpaired) electrons. The second kappa shape index (κ2) is 10.9. The fourth-order valence-corrected chi connectivity index (χ4v) is 4.08. The van der Waals surface area contributed by atoms with Crippen molar-refractivity contribution in [1.82, 2.24) is 15.2 Å². The number of rotatable bonds is 6. The van der Waals surface area contributed by atoms with Crippen molar-refractivity contribution in [3.05, 3.63) is 89.7 Å². The van der Waals surface area contributed by atoms with Gasteiger partial charge in [0.1, 0.15) is 0 Å². The molecule has 1 fully saturated rings. The van der Waals surface area contributed by atoms with Crippen molar-refractivity contribution in [1.29, 1.82) is 0 Å². The van der Waals surface area contributed by atoms with Crippen LogP contribution in [0.5, 0.6) is 0 Å². The van der Waals surface area contributed by atoms with Crippen LogP contribution >= 0.6 is 11.6 Å². The smallest absolute Gasteiger partial charge is 0.313 e. The summed E-state index contributed by atoms with van der Waals surface area (Å²) in [6, 6.07) is 20.8. The van der Waals surface area contributed by atoms with Crippen LogP contribution in [0.2, 0.25) is 5.02 Å². The van der Waals surface area contributed by atoms with Gasteiger partial charge in [0, 0.05) is 61.5 Å². The predicted octanol–water partition coefficient (Wildman–Crippen LogP) is 3.35. The number of carbonyl (C=O) groups is 2. The molecule has 33 heavy (non-hydrogen) atoms. The molecular formula is C25H26ClN5O2. The van der Waals surface area contributed by atoms with Gasteiger partial charge in [0.15, 0.2) is 0 Å². The molecule has 1 aromatic heterocycles. The molecule has 170 valence electrons. The maximum Gasteiger partial charge on any atom is 0.313 e. The number of halogens is 1. The number of nitrogens with one attached hydrogen (secondary N) is 2. The zero-order chi connectivity index (χ0) is 23.0. The summed E-state index contributed by atoms with van der Waals surface area (Å²) < 4.78 is 0. The Hall–Kier alpha value is -3.42. The Labute approximate surface area is 198 Å². The summed E-state index contributed by atoms with van der Waals surface area (Å²) in [6.07, 6.45) is 3.54. The number of nitrogens with zero attached hydrogens (tertiary/aromatic N) is 3. The zero-order valence-corrected chi connectivity index (χ0v) is 18.9. The third-order valence-electron chi connectivity index (χ3n) is 5.71. The van der Waals surface area contributed by atoms with E-state index in [0.29, 0.717) is 17.3 Å². The molecule has 4 rings (SSSR count). The lowest BCUT2D eigenvalue weighted by molar-refractivity contribution is -0.136. The van der Waals surface area contributed by atoms with Crippen LogP contribution in [0.1, 0.15) is 11.6 Å². The molecule has 1 aliphatic heterocycles. The minimum Gasteiger partial charge on any atom is -0.369 e. The Balaban J connectivity index is 1.38. The number of amides is 2. The number of hydrogen-bond acceptors (Lipinski definition) is 5. The van der Waals surface area contributed by atoms with E-state index in [0.717, 1.165) is 31.7 Å². The molecule has 2 heterocycles. The molecule has 0 unspecified atom stereocenters. The molecule has 0 aliphatic carbocycles. The number of hydrogen-bond donors (Lipinski definition) is 2. The lowest BCUT2D eigenvalue weighted by Crippen LogP contribution is -2.50. The summed E-state index contributed by atoms with van der Waals surface area (Å²) in [4.78, 5) is 33.7. The fourth-order valence-electron chi connectivity index (χ4n) is 3.95. The predicted molar refractivity (Wildman–Crippen MR) is 130 cm³/mol. The molecule has 7 nitrogen and oxygen atoms in total. The molecule has 0 spiro atoms. The SMILES string of the molecule is O=C(NC[C@@H](c1cccnc1)N1CCN(c2ccccc2)CC1)C(=O)Nc1ccc(Cl)cc1. The topological polar surface area (TPSA) is 77.6 Å². The number of pyridine rings is 1. The van der Waals surface area contributed by atoms with E-state index in [1.54, 1.807) is 30.5 Å². The molecule has 1 aliphatic rings. The molecule has 0 saturated carbocycles. The number of benzene rings is 2. The quantitative estimate of drug-likeness (QED) is 0.548. The molecule has 2 amide bonds. The monoisotopic (exact) mass is 463 g/mol. The van der Waals surface area contributed by atoms with Crippen molar-refractivity contribution in [2.45, 2.75) is 6.04 Å². The first-order valence-electron chi connectivity index (χ1n) is 10.9. The third-order valence-corrected chi connectivity index (χ3v) is 5.96. The van der Waals surface area contributed by atoms with E-state index in [1.807, 2.05) is 36.5 Å². The minimum absolute atomic E-state index is 0.0797. The number of aromatic nitrogens is 1. The third kappa shape index (κ3) is 6.09. The second-order valence-electron chi connectivity index (χ2n) is 7.83. The highest BCUT2D eigenvalue weighted by Gasteiger charge is 2.26. The Bertz CT molecular complexity index is 1060. The Morgan fingerprint density at radius 2 is 1.64 bits per heavy atom. The summed E-state index contributed by atoms with van der Waals surface area (Å²) in [6.45, 7) is 3.74. The summed E-state index contributed by atoms with van der Waals surface area (Å²) >= 11 is 5.87. The molecule has 3 aromatic rings. The van der Waals surface area contributed by atoms with Gasteiger partial charge in [-0.3, -0.25) is 19.5 Å². The second-order valence-corrected chi connectivity index (χ2v) is 8.27. The van der Waals surface area contributed by atoms with Crippen LogP contribution in [0.25, 0.3) is 0 Å². The van der Waals surface area contributed by atoms with Crippen molar-refractivity contribution in [2.24, 2.45) is 0 Å². The molecule has 0 bridgehead atoms. The average molecular weight is 464 g/mol. The highest BCUT2D eigenvalue weighted by atomic mass is 35.5. The van der Waals surface area contributed by atoms with Gasteiger partial charge >= 0.3 is 11.8 Å². The number of anilines is 2. The summed E-state index contributed by atoms with van der Waals surface area (Å²) in [5.74, 6) is -1.39. The van der Waals surface area contributed by atoms with Gasteiger partial charge in [0.05, 0.1) is 6.04 Å². The number of carbonyl (C=O) groups excluding carboxylic acids is 2. The Morgan fingerprint density at radius 1 is 0.909 bits per heavy atom. The normalized spacial score (nSPS) is 15.0. The van der Waals surface area contributed by atoms with Gasteiger partial charge in [0.25, 0.3) is 0 Å². The average Bonchev–Trinajstić information content (AvgIpc) is 2.87. The van der Waals surface area contributed by atoms with Crippen LogP contribution in [0.3, 0.4) is 0 Å². The fraction of sp³-hybridized carbons (Fsp3) is 0.240. The molecule has 8 heteroatoms. The van der Waals surface area contributed by atoms with Crippen molar-refractivity contribution in [3.8, 4) is 0 Å². The van der Waals surface area contributed by atoms with Gasteiger partial charge in [0.2, 0.25) is 0 Å². The van der Waals surface area contributed by atoms with E-state index in [4.69, 9.17) is 11.6 Å². The van der Waals surface area contributed by atoms with Crippen molar-refractivity contribution < 1.29 is 9.59 Å². The maximum atomic E-state index is 12.5. The van der Waals surface area contributed by atoms with Gasteiger partial charge in [-0.2, -0.15) is 0 Å². The first-order valence-corrected chi connectivity index (χ1v) is 11.3. The number of para-hydroxylation sites is 1. The molecule has 1 saturated heterocycles. The Kier molecular flexibility index (Phi) is 7.55. The van der Waals surface area contributed by atoms with E-state index in [2.05, 4.69) is 37.6 Å². The van der Waals surface area contributed by atoms with Crippen LogP contribution < -0.4 is 15.5 Å². The standard InChI is InChI=1S/C25H26ClN5O2/c26-20-8-10-21(11-9-20)29-25(33)24(32)28-18-23(19-5-4-12-27-17-19)31-15-13-30(14-16-31)22-6-2-1-3-7-22/h1-12,17,23H,13-16,18H2,(H,28,32)(H,29,33)/t23-/m0/s1. The van der Waals surface area contributed by atoms with Crippen LogP contribution in [0, 0.1) is 0 Å². The molecule has 2 N–H and O–H groups in total. The highest BCUT2D eigenvalue weighted by molar-refractivity contribution is 6.39. The van der Waals surface area contributed by atoms with E-state index < -0.39 is 11.8 Å². The lowest BCUT2D eigenvalue weighted by Gasteiger charge is -2.40. The van der Waals surface area contributed by atoms with Crippen molar-refractivity contribution in [2.75, 3.05) is 42.9 Å². The molecular weight excluding hydrogens is 438 g/mol. The first kappa shape index (κ1) is 22.8. The maximum absolute atomic E-state index is 12.5. The molecule has 2 aromatic carbocycles. The van der Waals surface area contributed by atoms with Gasteiger partial charge in [-0.15, -0.1) is 0 Å². The van der Waals surface area contributed by atoms with Crippen molar-refractivity contribution >= 4 is 34.8 Å². The van der Waals surface area contributed by atoms with Crippen molar-refractivity contribution in [3.63, 3.8) is 0 Å². The lowest BCUT2D eigenvalue weighted by atomic mass is 10.1. The van der Waals surface area contributed by atoms with E-state index in [1.165, 1.54) is 5.69 Å². The van der Waals surface area contributed by atoms with E-state index in [9.17, 15) is 9.59 Å². The van der Waals surface area contributed by atoms with Gasteiger partial charge in [-0.25, -0.2) is 0 Å². The number of piperazine rings is 1. The van der Waals surface area contributed by atoms with E-state index in [-0.39, 0.29) is 6.04 Å². The summed E-state index contributed by atoms with van der Waals surface area (Å²) in [7, 11) is 0. The van der Waals surface area contributed by atoms with Crippen LogP contribution in [-0.4, -0.2) is 54.4 Å². The van der Waals surface area contributed by atoms with Gasteiger partial charge in [-0.05, 0) is 48.0 Å².